The summed E-state index contributed by atoms with van der Waals surface area (Å²) in [6, 6.07) is 20.3. The van der Waals surface area contributed by atoms with E-state index < -0.39 is 5.82 Å². The van der Waals surface area contributed by atoms with Crippen molar-refractivity contribution in [3.63, 3.8) is 0 Å². The van der Waals surface area contributed by atoms with Gasteiger partial charge < -0.3 is 26.3 Å². The summed E-state index contributed by atoms with van der Waals surface area (Å²) in [7, 11) is 0. The SMILES string of the molecule is C#CNc1ccc(C(=O)Nc2ccc(Nc3ccc(NC(=O)c4cc[nH]c4)cc3)c(F)c2)cc1C. The number of nitrogens with one attached hydrogen (secondary N) is 5. The third kappa shape index (κ3) is 5.67. The summed E-state index contributed by atoms with van der Waals surface area (Å²) < 4.78 is 14.7. The van der Waals surface area contributed by atoms with Crippen LogP contribution in [0, 0.1) is 25.2 Å². The Labute approximate surface area is 201 Å². The van der Waals surface area contributed by atoms with E-state index in [2.05, 4.69) is 32.3 Å². The van der Waals surface area contributed by atoms with Crippen molar-refractivity contribution in [1.82, 2.24) is 4.98 Å². The van der Waals surface area contributed by atoms with Crippen LogP contribution in [0.4, 0.5) is 32.8 Å². The van der Waals surface area contributed by atoms with Crippen LogP contribution in [-0.4, -0.2) is 16.8 Å². The van der Waals surface area contributed by atoms with Crippen LogP contribution in [0.25, 0.3) is 0 Å². The highest BCUT2D eigenvalue weighted by atomic mass is 19.1. The van der Waals surface area contributed by atoms with Crippen molar-refractivity contribution in [3.05, 3.63) is 102 Å². The molecular formula is C27H22FN5O2. The highest BCUT2D eigenvalue weighted by Gasteiger charge is 2.11. The van der Waals surface area contributed by atoms with Crippen molar-refractivity contribution >= 4 is 40.3 Å². The largest absolute Gasteiger partial charge is 0.367 e. The summed E-state index contributed by atoms with van der Waals surface area (Å²) in [6.45, 7) is 1.83. The minimum Gasteiger partial charge on any atom is -0.367 e. The second-order valence-electron chi connectivity index (χ2n) is 7.70. The number of aromatic amines is 1. The van der Waals surface area contributed by atoms with Crippen molar-refractivity contribution < 1.29 is 14.0 Å². The zero-order valence-corrected chi connectivity index (χ0v) is 18.8. The molecule has 0 unspecified atom stereocenters. The lowest BCUT2D eigenvalue weighted by Crippen LogP contribution is -2.12. The van der Waals surface area contributed by atoms with Crippen molar-refractivity contribution in [2.45, 2.75) is 6.92 Å². The van der Waals surface area contributed by atoms with Gasteiger partial charge >= 0.3 is 0 Å². The van der Waals surface area contributed by atoms with Gasteiger partial charge in [0.05, 0.1) is 11.3 Å². The second kappa shape index (κ2) is 10.3. The summed E-state index contributed by atoms with van der Waals surface area (Å²) in [5.41, 5.74) is 4.32. The molecule has 0 saturated heterocycles. The molecule has 0 radical (unpaired) electrons. The lowest BCUT2D eigenvalue weighted by Gasteiger charge is -2.12. The Morgan fingerprint density at radius 1 is 0.829 bits per heavy atom. The average molecular weight is 468 g/mol. The van der Waals surface area contributed by atoms with Gasteiger partial charge in [-0.25, -0.2) is 4.39 Å². The van der Waals surface area contributed by atoms with Crippen molar-refractivity contribution in [1.29, 1.82) is 0 Å². The van der Waals surface area contributed by atoms with Gasteiger partial charge in [-0.15, -0.1) is 0 Å². The predicted octanol–water partition coefficient (Wildman–Crippen LogP) is 5.71. The lowest BCUT2D eigenvalue weighted by molar-refractivity contribution is 0.101. The maximum atomic E-state index is 14.7. The molecule has 0 saturated carbocycles. The van der Waals surface area contributed by atoms with E-state index >= 15 is 0 Å². The molecule has 5 N–H and O–H groups in total. The van der Waals surface area contributed by atoms with Crippen LogP contribution in [-0.2, 0) is 0 Å². The number of aromatic nitrogens is 1. The van der Waals surface area contributed by atoms with Gasteiger partial charge in [0.15, 0.2) is 0 Å². The maximum absolute atomic E-state index is 14.7. The standard InChI is InChI=1S/C27H22FN5O2/c1-3-30-24-10-4-18(14-17(24)2)26(34)33-22-9-11-25(23(28)15-22)31-20-5-7-21(8-6-20)32-27(35)19-12-13-29-16-19/h1,4-16,29-31H,2H3,(H,32,35)(H,33,34). The van der Waals surface area contributed by atoms with Gasteiger partial charge in [0, 0.05) is 46.8 Å². The molecule has 4 rings (SSSR count). The molecule has 8 heteroatoms. The molecule has 35 heavy (non-hydrogen) atoms. The van der Waals surface area contributed by atoms with E-state index in [-0.39, 0.29) is 17.5 Å². The zero-order chi connectivity index (χ0) is 24.8. The minimum absolute atomic E-state index is 0.231. The first-order valence-corrected chi connectivity index (χ1v) is 10.7. The van der Waals surface area contributed by atoms with Gasteiger partial charge in [-0.3, -0.25) is 9.59 Å². The number of amides is 2. The van der Waals surface area contributed by atoms with Crippen LogP contribution in [0.2, 0.25) is 0 Å². The number of benzene rings is 3. The first kappa shape index (κ1) is 23.1. The number of carbonyl (C=O) groups is 2. The van der Waals surface area contributed by atoms with Crippen LogP contribution in [0.1, 0.15) is 26.3 Å². The average Bonchev–Trinajstić information content (AvgIpc) is 3.39. The molecule has 174 valence electrons. The molecule has 7 nitrogen and oxygen atoms in total. The fourth-order valence-electron chi connectivity index (χ4n) is 3.38. The number of rotatable bonds is 7. The van der Waals surface area contributed by atoms with Gasteiger partial charge in [-0.05, 0) is 79.2 Å². The number of halogens is 1. The summed E-state index contributed by atoms with van der Waals surface area (Å²) in [5.74, 6) is -1.12. The summed E-state index contributed by atoms with van der Waals surface area (Å²) in [5, 5.41) is 11.2. The van der Waals surface area contributed by atoms with Crippen LogP contribution in [0.3, 0.4) is 0 Å². The third-order valence-corrected chi connectivity index (χ3v) is 5.20. The maximum Gasteiger partial charge on any atom is 0.257 e. The molecule has 0 aliphatic carbocycles. The van der Waals surface area contributed by atoms with Crippen LogP contribution in [0.15, 0.2) is 79.1 Å². The second-order valence-corrected chi connectivity index (χ2v) is 7.70. The Morgan fingerprint density at radius 3 is 2.14 bits per heavy atom. The Morgan fingerprint density at radius 2 is 1.49 bits per heavy atom. The summed E-state index contributed by atoms with van der Waals surface area (Å²) >= 11 is 0. The minimum atomic E-state index is -0.530. The number of aryl methyl sites for hydroxylation is 1. The molecule has 0 aliphatic heterocycles. The third-order valence-electron chi connectivity index (χ3n) is 5.20. The smallest absolute Gasteiger partial charge is 0.257 e. The Balaban J connectivity index is 1.38. The first-order chi connectivity index (χ1) is 16.9. The normalized spacial score (nSPS) is 10.2. The molecule has 0 aliphatic rings. The molecular weight excluding hydrogens is 445 g/mol. The summed E-state index contributed by atoms with van der Waals surface area (Å²) in [4.78, 5) is 27.5. The first-order valence-electron chi connectivity index (χ1n) is 10.7. The molecule has 1 heterocycles. The number of hydrogen-bond donors (Lipinski definition) is 5. The number of hydrogen-bond acceptors (Lipinski definition) is 4. The molecule has 0 atom stereocenters. The quantitative estimate of drug-likeness (QED) is 0.178. The van der Waals surface area contributed by atoms with Gasteiger partial charge in [-0.1, -0.05) is 6.42 Å². The highest BCUT2D eigenvalue weighted by Crippen LogP contribution is 2.25. The van der Waals surface area contributed by atoms with E-state index in [1.807, 2.05) is 6.92 Å². The van der Waals surface area contributed by atoms with Crippen LogP contribution >= 0.6 is 0 Å². The molecule has 0 spiro atoms. The van der Waals surface area contributed by atoms with Crippen LogP contribution in [0.5, 0.6) is 0 Å². The van der Waals surface area contributed by atoms with Gasteiger partial charge in [-0.2, -0.15) is 0 Å². The van der Waals surface area contributed by atoms with E-state index in [9.17, 15) is 14.0 Å². The summed E-state index contributed by atoms with van der Waals surface area (Å²) in [6.07, 6.45) is 8.53. The number of anilines is 5. The molecule has 4 aromatic rings. The van der Waals surface area contributed by atoms with E-state index in [0.29, 0.717) is 28.2 Å². The molecule has 2 amide bonds. The lowest BCUT2D eigenvalue weighted by atomic mass is 10.1. The molecule has 0 bridgehead atoms. The van der Waals surface area contributed by atoms with Crippen molar-refractivity contribution in [2.75, 3.05) is 21.3 Å². The molecule has 1 aromatic heterocycles. The van der Waals surface area contributed by atoms with Gasteiger partial charge in [0.2, 0.25) is 0 Å². The van der Waals surface area contributed by atoms with E-state index in [4.69, 9.17) is 6.42 Å². The van der Waals surface area contributed by atoms with E-state index in [0.717, 1.165) is 11.3 Å². The monoisotopic (exact) mass is 467 g/mol. The number of terminal acetylenes is 1. The van der Waals surface area contributed by atoms with E-state index in [1.165, 1.54) is 12.1 Å². The highest BCUT2D eigenvalue weighted by molar-refractivity contribution is 6.05. The zero-order valence-electron chi connectivity index (χ0n) is 18.8. The molecule has 0 fully saturated rings. The molecule has 3 aromatic carbocycles. The Bertz CT molecular complexity index is 1410. The van der Waals surface area contributed by atoms with Gasteiger partial charge in [0.25, 0.3) is 11.8 Å². The fourth-order valence-corrected chi connectivity index (χ4v) is 3.38. The number of H-pyrrole nitrogens is 1. The fraction of sp³-hybridized carbons (Fsp3) is 0.0370. The number of carbonyl (C=O) groups excluding carboxylic acids is 2. The van der Waals surface area contributed by atoms with Gasteiger partial charge in [0.1, 0.15) is 5.82 Å². The Kier molecular flexibility index (Phi) is 6.79. The van der Waals surface area contributed by atoms with Crippen molar-refractivity contribution in [3.8, 4) is 12.5 Å². The predicted molar refractivity (Wildman–Crippen MR) is 136 cm³/mol. The van der Waals surface area contributed by atoms with Crippen molar-refractivity contribution in [2.24, 2.45) is 0 Å². The topological polar surface area (TPSA) is 98.0 Å². The van der Waals surface area contributed by atoms with Crippen LogP contribution < -0.4 is 21.3 Å². The Hall–Kier alpha value is -5.03. The van der Waals surface area contributed by atoms with E-state index in [1.54, 1.807) is 67.0 Å².